The first-order valence-electron chi connectivity index (χ1n) is 6.74. The Morgan fingerprint density at radius 3 is 2.72 bits per heavy atom. The van der Waals surface area contributed by atoms with E-state index >= 15 is 0 Å². The Morgan fingerprint density at radius 1 is 1.28 bits per heavy atom. The molecule has 1 aliphatic rings. The first kappa shape index (κ1) is 13.5. The lowest BCUT2D eigenvalue weighted by Crippen LogP contribution is -2.29. The van der Waals surface area contributed by atoms with Crippen LogP contribution in [0.15, 0.2) is 18.2 Å². The van der Waals surface area contributed by atoms with E-state index in [4.69, 9.17) is 0 Å². The van der Waals surface area contributed by atoms with Gasteiger partial charge in [-0.05, 0) is 37.8 Å². The van der Waals surface area contributed by atoms with Gasteiger partial charge in [0.05, 0.1) is 0 Å². The summed E-state index contributed by atoms with van der Waals surface area (Å²) in [4.78, 5) is 0. The van der Waals surface area contributed by atoms with Crippen LogP contribution in [0, 0.1) is 23.5 Å². The van der Waals surface area contributed by atoms with Crippen LogP contribution in [-0.2, 0) is 0 Å². The summed E-state index contributed by atoms with van der Waals surface area (Å²) in [5, 5.41) is 3.17. The SMILES string of the molecule is CNC(c1cccc(F)c1F)C1CCCC(C)C1. The second-order valence-electron chi connectivity index (χ2n) is 5.44. The molecule has 0 radical (unpaired) electrons. The van der Waals surface area contributed by atoms with Crippen LogP contribution in [0.2, 0.25) is 0 Å². The van der Waals surface area contributed by atoms with Crippen molar-refractivity contribution < 1.29 is 8.78 Å². The molecule has 1 aromatic rings. The van der Waals surface area contributed by atoms with Gasteiger partial charge < -0.3 is 5.32 Å². The molecular weight excluding hydrogens is 232 g/mol. The number of nitrogens with one attached hydrogen (secondary N) is 1. The molecule has 3 unspecified atom stereocenters. The average Bonchev–Trinajstić information content (AvgIpc) is 2.35. The Balaban J connectivity index is 2.24. The maximum Gasteiger partial charge on any atom is 0.163 e. The van der Waals surface area contributed by atoms with Crippen LogP contribution in [0.25, 0.3) is 0 Å². The standard InChI is InChI=1S/C15H21F2N/c1-10-5-3-6-11(9-10)15(18-2)12-7-4-8-13(16)14(12)17/h4,7-8,10-11,15,18H,3,5-6,9H2,1-2H3. The molecule has 1 nitrogen and oxygen atoms in total. The van der Waals surface area contributed by atoms with Crippen molar-refractivity contribution in [3.8, 4) is 0 Å². The highest BCUT2D eigenvalue weighted by Crippen LogP contribution is 2.37. The molecule has 1 aromatic carbocycles. The summed E-state index contributed by atoms with van der Waals surface area (Å²) in [6, 6.07) is 4.38. The van der Waals surface area contributed by atoms with Crippen LogP contribution in [-0.4, -0.2) is 7.05 Å². The third-order valence-corrected chi connectivity index (χ3v) is 4.08. The van der Waals surface area contributed by atoms with E-state index in [1.807, 2.05) is 7.05 Å². The van der Waals surface area contributed by atoms with Crippen molar-refractivity contribution in [1.82, 2.24) is 5.32 Å². The van der Waals surface area contributed by atoms with Gasteiger partial charge in [0, 0.05) is 11.6 Å². The van der Waals surface area contributed by atoms with Gasteiger partial charge in [0.2, 0.25) is 0 Å². The van der Waals surface area contributed by atoms with Crippen molar-refractivity contribution in [3.63, 3.8) is 0 Å². The minimum atomic E-state index is -0.753. The van der Waals surface area contributed by atoms with Crippen molar-refractivity contribution in [2.75, 3.05) is 7.05 Å². The third kappa shape index (κ3) is 2.72. The number of hydrogen-bond acceptors (Lipinski definition) is 1. The summed E-state index contributed by atoms with van der Waals surface area (Å²) in [5.74, 6) is -0.377. The van der Waals surface area contributed by atoms with E-state index in [2.05, 4.69) is 12.2 Å². The van der Waals surface area contributed by atoms with Crippen molar-refractivity contribution in [1.29, 1.82) is 0 Å². The zero-order valence-corrected chi connectivity index (χ0v) is 11.0. The lowest BCUT2D eigenvalue weighted by Gasteiger charge is -2.33. The van der Waals surface area contributed by atoms with Gasteiger partial charge in [0.25, 0.3) is 0 Å². The van der Waals surface area contributed by atoms with Crippen molar-refractivity contribution in [2.24, 2.45) is 11.8 Å². The summed E-state index contributed by atoms with van der Waals surface area (Å²) in [5.41, 5.74) is 0.469. The third-order valence-electron chi connectivity index (χ3n) is 4.08. The molecule has 1 N–H and O–H groups in total. The first-order chi connectivity index (χ1) is 8.63. The molecule has 1 saturated carbocycles. The van der Waals surface area contributed by atoms with Crippen LogP contribution in [0.4, 0.5) is 8.78 Å². The van der Waals surface area contributed by atoms with Crippen LogP contribution in [0.3, 0.4) is 0 Å². The molecule has 3 atom stereocenters. The van der Waals surface area contributed by atoms with Crippen molar-refractivity contribution in [2.45, 2.75) is 38.6 Å². The molecule has 100 valence electrons. The highest BCUT2D eigenvalue weighted by atomic mass is 19.2. The zero-order chi connectivity index (χ0) is 13.1. The first-order valence-corrected chi connectivity index (χ1v) is 6.74. The van der Waals surface area contributed by atoms with E-state index in [1.54, 1.807) is 12.1 Å². The Morgan fingerprint density at radius 2 is 2.06 bits per heavy atom. The topological polar surface area (TPSA) is 12.0 Å². The van der Waals surface area contributed by atoms with Gasteiger partial charge in [-0.3, -0.25) is 0 Å². The molecule has 0 aliphatic heterocycles. The van der Waals surface area contributed by atoms with Crippen molar-refractivity contribution >= 4 is 0 Å². The van der Waals surface area contributed by atoms with Gasteiger partial charge in [-0.15, -0.1) is 0 Å². The molecular formula is C15H21F2N. The number of rotatable bonds is 3. The minimum absolute atomic E-state index is 0.0801. The molecule has 0 spiro atoms. The monoisotopic (exact) mass is 253 g/mol. The molecule has 2 rings (SSSR count). The van der Waals surface area contributed by atoms with Crippen LogP contribution in [0.5, 0.6) is 0 Å². The van der Waals surface area contributed by atoms with Crippen LogP contribution in [0.1, 0.15) is 44.2 Å². The second kappa shape index (κ2) is 5.79. The fourth-order valence-corrected chi connectivity index (χ4v) is 3.19. The fraction of sp³-hybridized carbons (Fsp3) is 0.600. The number of benzene rings is 1. The second-order valence-corrected chi connectivity index (χ2v) is 5.44. The van der Waals surface area contributed by atoms with Crippen LogP contribution < -0.4 is 5.32 Å². The van der Waals surface area contributed by atoms with Gasteiger partial charge in [-0.1, -0.05) is 31.9 Å². The molecule has 1 fully saturated rings. The largest absolute Gasteiger partial charge is 0.313 e. The Labute approximate surface area is 108 Å². The molecule has 0 saturated heterocycles. The van der Waals surface area contributed by atoms with E-state index < -0.39 is 11.6 Å². The molecule has 0 bridgehead atoms. The molecule has 0 heterocycles. The molecule has 18 heavy (non-hydrogen) atoms. The van der Waals surface area contributed by atoms with Crippen molar-refractivity contribution in [3.05, 3.63) is 35.4 Å². The highest BCUT2D eigenvalue weighted by Gasteiger charge is 2.29. The Bertz CT molecular complexity index is 405. The normalized spacial score (nSPS) is 26.0. The van der Waals surface area contributed by atoms with Gasteiger partial charge >= 0.3 is 0 Å². The van der Waals surface area contributed by atoms with E-state index in [0.717, 1.165) is 12.8 Å². The van der Waals surface area contributed by atoms with Gasteiger partial charge in [0.1, 0.15) is 0 Å². The molecule has 1 aliphatic carbocycles. The Hall–Kier alpha value is -0.960. The number of halogens is 2. The van der Waals surface area contributed by atoms with E-state index in [9.17, 15) is 8.78 Å². The predicted molar refractivity (Wildman–Crippen MR) is 69.3 cm³/mol. The van der Waals surface area contributed by atoms with Gasteiger partial charge in [-0.2, -0.15) is 0 Å². The maximum atomic E-state index is 13.9. The average molecular weight is 253 g/mol. The van der Waals surface area contributed by atoms with Gasteiger partial charge in [-0.25, -0.2) is 8.78 Å². The Kier molecular flexibility index (Phi) is 4.33. The smallest absolute Gasteiger partial charge is 0.163 e. The minimum Gasteiger partial charge on any atom is -0.313 e. The maximum absolute atomic E-state index is 13.9. The highest BCUT2D eigenvalue weighted by molar-refractivity contribution is 5.23. The van der Waals surface area contributed by atoms with E-state index in [0.29, 0.717) is 17.4 Å². The lowest BCUT2D eigenvalue weighted by molar-refractivity contribution is 0.226. The summed E-state index contributed by atoms with van der Waals surface area (Å²) >= 11 is 0. The zero-order valence-electron chi connectivity index (χ0n) is 11.0. The molecule has 0 aromatic heterocycles. The van der Waals surface area contributed by atoms with Crippen LogP contribution >= 0.6 is 0 Å². The summed E-state index contributed by atoms with van der Waals surface area (Å²) < 4.78 is 27.2. The summed E-state index contributed by atoms with van der Waals surface area (Å²) in [6.45, 7) is 2.24. The quantitative estimate of drug-likeness (QED) is 0.857. The fourth-order valence-electron chi connectivity index (χ4n) is 3.19. The van der Waals surface area contributed by atoms with E-state index in [1.165, 1.54) is 18.9 Å². The lowest BCUT2D eigenvalue weighted by atomic mass is 9.76. The number of hydrogen-bond donors (Lipinski definition) is 1. The summed E-state index contributed by atoms with van der Waals surface area (Å²) in [6.07, 6.45) is 4.60. The predicted octanol–water partition coefficient (Wildman–Crippen LogP) is 4.05. The van der Waals surface area contributed by atoms with Gasteiger partial charge in [0.15, 0.2) is 11.6 Å². The summed E-state index contributed by atoms with van der Waals surface area (Å²) in [7, 11) is 1.83. The molecule has 0 amide bonds. The molecule has 3 heteroatoms. The van der Waals surface area contributed by atoms with E-state index in [-0.39, 0.29) is 6.04 Å².